The third kappa shape index (κ3) is 5.02. The van der Waals surface area contributed by atoms with Crippen LogP contribution in [0.15, 0.2) is 83.2 Å². The summed E-state index contributed by atoms with van der Waals surface area (Å²) >= 11 is 1.49. The minimum absolute atomic E-state index is 0.134. The molecule has 8 heteroatoms. The van der Waals surface area contributed by atoms with Crippen molar-refractivity contribution in [2.24, 2.45) is 4.99 Å². The molecule has 1 fully saturated rings. The second-order valence-electron chi connectivity index (χ2n) is 7.00. The second-order valence-corrected chi connectivity index (χ2v) is 7.95. The van der Waals surface area contributed by atoms with E-state index in [0.29, 0.717) is 25.6 Å². The van der Waals surface area contributed by atoms with Gasteiger partial charge in [-0.2, -0.15) is 5.26 Å². The number of hydrogen-bond acceptors (Lipinski definition) is 4. The van der Waals surface area contributed by atoms with Gasteiger partial charge >= 0.3 is 6.03 Å². The molecule has 1 aliphatic heterocycles. The number of carbonyl (C=O) groups excluding carboxylic acids is 1. The molecule has 2 N–H and O–H groups in total. The number of carbonyl (C=O) groups is 1. The van der Waals surface area contributed by atoms with Crippen LogP contribution in [0.3, 0.4) is 0 Å². The molecular formula is C23H22N6OS. The lowest BCUT2D eigenvalue weighted by molar-refractivity contribution is 0.136. The Kier molecular flexibility index (Phi) is 6.45. The van der Waals surface area contributed by atoms with Gasteiger partial charge in [0.05, 0.1) is 11.0 Å². The third-order valence-corrected chi connectivity index (χ3v) is 5.85. The summed E-state index contributed by atoms with van der Waals surface area (Å²) in [6.07, 6.45) is 1.90. The van der Waals surface area contributed by atoms with Crippen LogP contribution in [0.1, 0.15) is 11.6 Å². The van der Waals surface area contributed by atoms with Gasteiger partial charge in [0.25, 0.3) is 0 Å². The van der Waals surface area contributed by atoms with Crippen LogP contribution in [0.4, 0.5) is 15.5 Å². The van der Waals surface area contributed by atoms with Gasteiger partial charge in [0.2, 0.25) is 12.2 Å². The van der Waals surface area contributed by atoms with Crippen LogP contribution in [0.5, 0.6) is 0 Å². The Morgan fingerprint density at radius 3 is 2.42 bits per heavy atom. The molecule has 0 radical (unpaired) electrons. The summed E-state index contributed by atoms with van der Waals surface area (Å²) in [5.74, 6) is 0.480. The number of thiophene rings is 1. The minimum Gasteiger partial charge on any atom is -0.338 e. The summed E-state index contributed by atoms with van der Waals surface area (Å²) in [5, 5.41) is 18.2. The van der Waals surface area contributed by atoms with Gasteiger partial charge in [0, 0.05) is 25.3 Å². The first-order chi connectivity index (χ1) is 15.2. The number of aliphatic imine (C=N–C) groups is 1. The van der Waals surface area contributed by atoms with Crippen molar-refractivity contribution in [1.82, 2.24) is 9.80 Å². The molecular weight excluding hydrogens is 408 g/mol. The number of amides is 2. The van der Waals surface area contributed by atoms with Crippen LogP contribution in [-0.2, 0) is 0 Å². The third-order valence-electron chi connectivity index (χ3n) is 5.06. The van der Waals surface area contributed by atoms with E-state index in [1.165, 1.54) is 11.3 Å². The number of urea groups is 1. The predicted octanol–water partition coefficient (Wildman–Crippen LogP) is 4.59. The maximum atomic E-state index is 13.0. The van der Waals surface area contributed by atoms with Crippen LogP contribution >= 0.6 is 11.3 Å². The van der Waals surface area contributed by atoms with Gasteiger partial charge in [0.15, 0.2) is 0 Å². The number of guanidine groups is 1. The topological polar surface area (TPSA) is 83.8 Å². The van der Waals surface area contributed by atoms with Crippen LogP contribution in [0.2, 0.25) is 0 Å². The number of piperazine rings is 1. The second kappa shape index (κ2) is 9.78. The Hall–Kier alpha value is -3.83. The van der Waals surface area contributed by atoms with E-state index in [2.05, 4.69) is 15.6 Å². The summed E-state index contributed by atoms with van der Waals surface area (Å²) in [6.45, 7) is 1.57. The van der Waals surface area contributed by atoms with Crippen molar-refractivity contribution in [2.45, 2.75) is 6.04 Å². The summed E-state index contributed by atoms with van der Waals surface area (Å²) in [6, 6.07) is 23.0. The van der Waals surface area contributed by atoms with Crippen LogP contribution < -0.4 is 10.6 Å². The molecule has 2 amide bonds. The van der Waals surface area contributed by atoms with Crippen LogP contribution in [0.25, 0.3) is 0 Å². The van der Waals surface area contributed by atoms with Gasteiger partial charge in [-0.25, -0.2) is 4.79 Å². The summed E-state index contributed by atoms with van der Waals surface area (Å²) < 4.78 is 0. The van der Waals surface area contributed by atoms with E-state index in [4.69, 9.17) is 0 Å². The number of nitriles is 1. The Morgan fingerprint density at radius 1 is 1.00 bits per heavy atom. The molecule has 2 aromatic carbocycles. The zero-order valence-electron chi connectivity index (χ0n) is 16.8. The molecule has 1 aliphatic rings. The molecule has 31 heavy (non-hydrogen) atoms. The standard InChI is InChI=1S/C23H22N6OS/c24-17-25-22(26-19-10-5-2-6-11-19)28-13-14-29(23(30)27-21-12-7-15-31-21)20(16-28)18-8-3-1-4-9-18/h1-12,15,20H,13-14,16H2,(H,25,26)(H,27,30). The van der Waals surface area contributed by atoms with Gasteiger partial charge in [-0.05, 0) is 35.2 Å². The SMILES string of the molecule is N#C/N=C(/Nc1ccccc1)N1CCN(C(=O)Nc2cccs2)C(c2ccccc2)C1. The highest BCUT2D eigenvalue weighted by atomic mass is 32.1. The average molecular weight is 431 g/mol. The maximum absolute atomic E-state index is 13.0. The van der Waals surface area contributed by atoms with Gasteiger partial charge in [-0.1, -0.05) is 48.5 Å². The van der Waals surface area contributed by atoms with E-state index >= 15 is 0 Å². The zero-order chi connectivity index (χ0) is 21.5. The van der Waals surface area contributed by atoms with E-state index < -0.39 is 0 Å². The summed E-state index contributed by atoms with van der Waals surface area (Å²) in [5.41, 5.74) is 1.88. The molecule has 1 aromatic heterocycles. The summed E-state index contributed by atoms with van der Waals surface area (Å²) in [7, 11) is 0. The first-order valence-electron chi connectivity index (χ1n) is 9.94. The van der Waals surface area contributed by atoms with Gasteiger partial charge < -0.3 is 15.1 Å². The first-order valence-corrected chi connectivity index (χ1v) is 10.8. The van der Waals surface area contributed by atoms with E-state index in [1.807, 2.05) is 94.2 Å². The van der Waals surface area contributed by atoms with Crippen molar-refractivity contribution in [3.05, 3.63) is 83.7 Å². The molecule has 1 atom stereocenters. The zero-order valence-corrected chi connectivity index (χ0v) is 17.6. The quantitative estimate of drug-likeness (QED) is 0.362. The lowest BCUT2D eigenvalue weighted by atomic mass is 10.0. The summed E-state index contributed by atoms with van der Waals surface area (Å²) in [4.78, 5) is 20.9. The smallest absolute Gasteiger partial charge is 0.323 e. The van der Waals surface area contributed by atoms with Crippen LogP contribution in [-0.4, -0.2) is 41.4 Å². The molecule has 3 aromatic rings. The molecule has 1 saturated heterocycles. The fraction of sp³-hybridized carbons (Fsp3) is 0.174. The van der Waals surface area contributed by atoms with Crippen molar-refractivity contribution in [3.8, 4) is 6.19 Å². The van der Waals surface area contributed by atoms with Crippen molar-refractivity contribution < 1.29 is 4.79 Å². The van der Waals surface area contributed by atoms with Crippen molar-refractivity contribution >= 4 is 34.0 Å². The Labute approximate surface area is 185 Å². The van der Waals surface area contributed by atoms with Gasteiger partial charge in [-0.3, -0.25) is 5.32 Å². The fourth-order valence-electron chi connectivity index (χ4n) is 3.58. The highest BCUT2D eigenvalue weighted by molar-refractivity contribution is 7.14. The lowest BCUT2D eigenvalue weighted by Gasteiger charge is -2.42. The highest BCUT2D eigenvalue weighted by Crippen LogP contribution is 2.27. The normalized spacial score (nSPS) is 16.5. The molecule has 156 valence electrons. The molecule has 0 aliphatic carbocycles. The van der Waals surface area contributed by atoms with Gasteiger partial charge in [-0.15, -0.1) is 16.3 Å². The van der Waals surface area contributed by atoms with Gasteiger partial charge in [0.1, 0.15) is 0 Å². The molecule has 0 saturated carbocycles. The monoisotopic (exact) mass is 430 g/mol. The Bertz CT molecular complexity index is 1060. The fourth-order valence-corrected chi connectivity index (χ4v) is 4.19. The molecule has 0 bridgehead atoms. The van der Waals surface area contributed by atoms with E-state index in [-0.39, 0.29) is 12.1 Å². The van der Waals surface area contributed by atoms with Crippen molar-refractivity contribution in [3.63, 3.8) is 0 Å². The number of hydrogen-bond donors (Lipinski definition) is 2. The number of nitrogens with zero attached hydrogens (tertiary/aromatic N) is 4. The largest absolute Gasteiger partial charge is 0.338 e. The number of anilines is 2. The number of nitrogens with one attached hydrogen (secondary N) is 2. The molecule has 0 spiro atoms. The van der Waals surface area contributed by atoms with E-state index in [9.17, 15) is 10.1 Å². The molecule has 1 unspecified atom stereocenters. The van der Waals surface area contributed by atoms with E-state index in [1.54, 1.807) is 0 Å². The predicted molar refractivity (Wildman–Crippen MR) is 124 cm³/mol. The maximum Gasteiger partial charge on any atom is 0.323 e. The van der Waals surface area contributed by atoms with Crippen molar-refractivity contribution in [2.75, 3.05) is 30.3 Å². The molecule has 2 heterocycles. The molecule has 4 rings (SSSR count). The van der Waals surface area contributed by atoms with E-state index in [0.717, 1.165) is 16.3 Å². The molecule has 7 nitrogen and oxygen atoms in total. The van der Waals surface area contributed by atoms with Crippen LogP contribution in [0, 0.1) is 11.5 Å². The minimum atomic E-state index is -0.184. The first kappa shape index (κ1) is 20.4. The van der Waals surface area contributed by atoms with Crippen molar-refractivity contribution in [1.29, 1.82) is 5.26 Å². The number of rotatable bonds is 3. The lowest BCUT2D eigenvalue weighted by Crippen LogP contribution is -2.54. The average Bonchev–Trinajstić information content (AvgIpc) is 3.33. The Morgan fingerprint density at radius 2 is 1.74 bits per heavy atom. The highest BCUT2D eigenvalue weighted by Gasteiger charge is 2.33. The number of para-hydroxylation sites is 1. The number of benzene rings is 2. The Balaban J connectivity index is 1.57.